The van der Waals surface area contributed by atoms with Gasteiger partial charge in [0.05, 0.1) is 17.6 Å². The highest BCUT2D eigenvalue weighted by atomic mass is 32.1. The van der Waals surface area contributed by atoms with Gasteiger partial charge in [-0.05, 0) is 49.2 Å². The monoisotopic (exact) mass is 424 g/mol. The summed E-state index contributed by atoms with van der Waals surface area (Å²) in [7, 11) is 0. The van der Waals surface area contributed by atoms with E-state index >= 15 is 0 Å². The van der Waals surface area contributed by atoms with Crippen LogP contribution in [0, 0.1) is 13.8 Å². The predicted molar refractivity (Wildman–Crippen MR) is 113 cm³/mol. The molecule has 0 radical (unpaired) electrons. The van der Waals surface area contributed by atoms with Gasteiger partial charge in [0.2, 0.25) is 0 Å². The SMILES string of the molecule is Cc1ccc(NC(=O)C(=O)NCc2ccc(C=c3sc4n(c3=O)CCN=4)o2)cc1C. The number of benzene rings is 1. The van der Waals surface area contributed by atoms with E-state index in [-0.39, 0.29) is 12.1 Å². The molecule has 0 spiro atoms. The maximum absolute atomic E-state index is 12.3. The van der Waals surface area contributed by atoms with Crippen molar-refractivity contribution in [2.45, 2.75) is 26.9 Å². The molecule has 1 aromatic carbocycles. The van der Waals surface area contributed by atoms with Crippen LogP contribution in [0.25, 0.3) is 6.08 Å². The zero-order valence-electron chi connectivity index (χ0n) is 16.5. The molecule has 0 atom stereocenters. The molecule has 2 aromatic heterocycles. The molecular formula is C21H20N4O4S. The van der Waals surface area contributed by atoms with Gasteiger partial charge in [0.1, 0.15) is 11.5 Å². The molecule has 154 valence electrons. The third kappa shape index (κ3) is 4.11. The number of nitrogens with zero attached hydrogens (tertiary/aromatic N) is 2. The fourth-order valence-corrected chi connectivity index (χ4v) is 4.03. The fourth-order valence-electron chi connectivity index (χ4n) is 3.02. The van der Waals surface area contributed by atoms with Gasteiger partial charge in [0, 0.05) is 18.3 Å². The van der Waals surface area contributed by atoms with Crippen molar-refractivity contribution in [3.05, 3.63) is 72.7 Å². The number of carbonyl (C=O) groups is 2. The van der Waals surface area contributed by atoms with E-state index in [0.29, 0.717) is 34.8 Å². The molecule has 0 saturated carbocycles. The molecule has 30 heavy (non-hydrogen) atoms. The Bertz CT molecular complexity index is 1320. The number of hydrogen-bond donors (Lipinski definition) is 2. The molecular weight excluding hydrogens is 404 g/mol. The smallest absolute Gasteiger partial charge is 0.313 e. The van der Waals surface area contributed by atoms with Crippen molar-refractivity contribution >= 4 is 34.9 Å². The summed E-state index contributed by atoms with van der Waals surface area (Å²) in [4.78, 5) is 41.4. The lowest BCUT2D eigenvalue weighted by Crippen LogP contribution is -2.34. The van der Waals surface area contributed by atoms with Crippen molar-refractivity contribution in [2.75, 3.05) is 11.9 Å². The van der Waals surface area contributed by atoms with Gasteiger partial charge in [0.15, 0.2) is 4.80 Å². The molecule has 0 bridgehead atoms. The number of aromatic nitrogens is 1. The molecule has 4 rings (SSSR count). The maximum Gasteiger partial charge on any atom is 0.313 e. The van der Waals surface area contributed by atoms with Crippen LogP contribution >= 0.6 is 11.3 Å². The Labute approximate surface area is 175 Å². The minimum atomic E-state index is -0.760. The first-order chi connectivity index (χ1) is 14.4. The fraction of sp³-hybridized carbons (Fsp3) is 0.238. The summed E-state index contributed by atoms with van der Waals surface area (Å²) in [5, 5.41) is 5.10. The van der Waals surface area contributed by atoms with Crippen LogP contribution in [0.15, 0.2) is 44.5 Å². The van der Waals surface area contributed by atoms with E-state index in [1.165, 1.54) is 11.3 Å². The molecule has 0 aliphatic carbocycles. The van der Waals surface area contributed by atoms with Crippen molar-refractivity contribution in [2.24, 2.45) is 4.99 Å². The van der Waals surface area contributed by atoms with E-state index < -0.39 is 11.8 Å². The van der Waals surface area contributed by atoms with Gasteiger partial charge in [-0.3, -0.25) is 23.9 Å². The molecule has 1 aliphatic rings. The molecule has 9 heteroatoms. The van der Waals surface area contributed by atoms with Crippen LogP contribution in [0.2, 0.25) is 0 Å². The van der Waals surface area contributed by atoms with Crippen LogP contribution in [-0.4, -0.2) is 22.9 Å². The Morgan fingerprint density at radius 3 is 2.80 bits per heavy atom. The average Bonchev–Trinajstić information content (AvgIpc) is 3.42. The number of thiazole rings is 1. The third-order valence-electron chi connectivity index (χ3n) is 4.81. The largest absolute Gasteiger partial charge is 0.460 e. The number of rotatable bonds is 4. The summed E-state index contributed by atoms with van der Waals surface area (Å²) in [6, 6.07) is 8.84. The standard InChI is InChI=1S/C21H20N4O4S/c1-12-3-4-14(9-13(12)2)24-19(27)18(26)23-11-16-6-5-15(29-16)10-17-20(28)25-8-7-22-21(25)30-17/h3-6,9-10H,7-8,11H2,1-2H3,(H,23,26)(H,24,27). The first-order valence-corrected chi connectivity index (χ1v) is 10.2. The van der Waals surface area contributed by atoms with Gasteiger partial charge in [0.25, 0.3) is 5.56 Å². The van der Waals surface area contributed by atoms with E-state index in [1.807, 2.05) is 26.0 Å². The second-order valence-electron chi connectivity index (χ2n) is 6.97. The van der Waals surface area contributed by atoms with Gasteiger partial charge in [-0.15, -0.1) is 0 Å². The number of amides is 2. The molecule has 2 N–H and O–H groups in total. The van der Waals surface area contributed by atoms with E-state index in [4.69, 9.17) is 4.42 Å². The van der Waals surface area contributed by atoms with Gasteiger partial charge < -0.3 is 15.1 Å². The Kier molecular flexibility index (Phi) is 5.37. The summed E-state index contributed by atoms with van der Waals surface area (Å²) < 4.78 is 7.84. The molecule has 3 heterocycles. The minimum Gasteiger partial charge on any atom is -0.460 e. The first-order valence-electron chi connectivity index (χ1n) is 9.42. The third-order valence-corrected chi connectivity index (χ3v) is 5.85. The molecule has 0 fully saturated rings. The minimum absolute atomic E-state index is 0.0578. The number of anilines is 1. The van der Waals surface area contributed by atoms with Crippen LogP contribution in [0.1, 0.15) is 22.6 Å². The molecule has 8 nitrogen and oxygen atoms in total. The van der Waals surface area contributed by atoms with Gasteiger partial charge >= 0.3 is 11.8 Å². The van der Waals surface area contributed by atoms with Crippen LogP contribution in [-0.2, 0) is 22.7 Å². The summed E-state index contributed by atoms with van der Waals surface area (Å²) in [6.45, 7) is 5.22. The lowest BCUT2D eigenvalue weighted by molar-refractivity contribution is -0.136. The maximum atomic E-state index is 12.3. The van der Waals surface area contributed by atoms with Crippen molar-refractivity contribution in [3.8, 4) is 0 Å². The van der Waals surface area contributed by atoms with Crippen molar-refractivity contribution < 1.29 is 14.0 Å². The average molecular weight is 424 g/mol. The Morgan fingerprint density at radius 1 is 1.20 bits per heavy atom. The van der Waals surface area contributed by atoms with Crippen LogP contribution in [0.5, 0.6) is 0 Å². The quantitative estimate of drug-likeness (QED) is 0.606. The summed E-state index contributed by atoms with van der Waals surface area (Å²) >= 11 is 1.32. The van der Waals surface area contributed by atoms with Gasteiger partial charge in [-0.25, -0.2) is 0 Å². The lowest BCUT2D eigenvalue weighted by atomic mass is 10.1. The topological polar surface area (TPSA) is 106 Å². The highest BCUT2D eigenvalue weighted by Crippen LogP contribution is 2.14. The number of aryl methyl sites for hydroxylation is 2. The van der Waals surface area contributed by atoms with Crippen molar-refractivity contribution in [3.63, 3.8) is 0 Å². The van der Waals surface area contributed by atoms with Crippen LogP contribution < -0.4 is 25.5 Å². The molecule has 2 amide bonds. The van der Waals surface area contributed by atoms with Gasteiger partial charge in [-0.2, -0.15) is 0 Å². The normalized spacial score (nSPS) is 13.1. The summed E-state index contributed by atoms with van der Waals surface area (Å²) in [5.74, 6) is -0.537. The van der Waals surface area contributed by atoms with E-state index in [1.54, 1.807) is 28.8 Å². The van der Waals surface area contributed by atoms with E-state index in [2.05, 4.69) is 15.6 Å². The van der Waals surface area contributed by atoms with Crippen molar-refractivity contribution in [1.29, 1.82) is 0 Å². The molecule has 0 saturated heterocycles. The second-order valence-corrected chi connectivity index (χ2v) is 7.98. The first kappa shape index (κ1) is 19.8. The lowest BCUT2D eigenvalue weighted by Gasteiger charge is -2.07. The van der Waals surface area contributed by atoms with Crippen molar-refractivity contribution in [1.82, 2.24) is 9.88 Å². The highest BCUT2D eigenvalue weighted by molar-refractivity contribution is 7.07. The molecule has 3 aromatic rings. The summed E-state index contributed by atoms with van der Waals surface area (Å²) in [6.07, 6.45) is 1.66. The molecule has 0 unspecified atom stereocenters. The number of carbonyl (C=O) groups excluding carboxylic acids is 2. The number of furan rings is 1. The Hall–Kier alpha value is -3.46. The highest BCUT2D eigenvalue weighted by Gasteiger charge is 2.15. The number of nitrogens with one attached hydrogen (secondary N) is 2. The second kappa shape index (κ2) is 8.11. The number of fused-ring (bicyclic) bond motifs is 1. The van der Waals surface area contributed by atoms with E-state index in [9.17, 15) is 14.4 Å². The zero-order chi connectivity index (χ0) is 21.3. The van der Waals surface area contributed by atoms with Crippen LogP contribution in [0.3, 0.4) is 0 Å². The predicted octanol–water partition coefficient (Wildman–Crippen LogP) is 0.837. The summed E-state index contributed by atoms with van der Waals surface area (Å²) in [5.41, 5.74) is 2.61. The van der Waals surface area contributed by atoms with E-state index in [0.717, 1.165) is 15.9 Å². The molecule has 1 aliphatic heterocycles. The number of hydrogen-bond acceptors (Lipinski definition) is 6. The Morgan fingerprint density at radius 2 is 2.03 bits per heavy atom. The van der Waals surface area contributed by atoms with Crippen LogP contribution in [0.4, 0.5) is 5.69 Å². The zero-order valence-corrected chi connectivity index (χ0v) is 17.3. The van der Waals surface area contributed by atoms with Gasteiger partial charge in [-0.1, -0.05) is 17.4 Å². The Balaban J connectivity index is 1.38.